The Hall–Kier alpha value is -1.62. The van der Waals surface area contributed by atoms with Crippen LogP contribution in [0.3, 0.4) is 0 Å². The van der Waals surface area contributed by atoms with Gasteiger partial charge in [0.05, 0.1) is 30.2 Å². The van der Waals surface area contributed by atoms with Crippen molar-refractivity contribution in [1.29, 1.82) is 0 Å². The van der Waals surface area contributed by atoms with Crippen LogP contribution in [0.1, 0.15) is 24.0 Å². The van der Waals surface area contributed by atoms with E-state index in [2.05, 4.69) is 91.9 Å². The molecule has 24 heavy (non-hydrogen) atoms. The van der Waals surface area contributed by atoms with Gasteiger partial charge in [0, 0.05) is 5.92 Å². The summed E-state index contributed by atoms with van der Waals surface area (Å²) in [6, 6.07) is 31.5. The summed E-state index contributed by atoms with van der Waals surface area (Å²) in [4.78, 5) is 0. The Balaban J connectivity index is 0.00000169. The highest BCUT2D eigenvalue weighted by Crippen LogP contribution is 2.64. The summed E-state index contributed by atoms with van der Waals surface area (Å²) in [6.45, 7) is 2.40. The molecule has 0 saturated carbocycles. The van der Waals surface area contributed by atoms with E-state index in [4.69, 9.17) is 0 Å². The van der Waals surface area contributed by atoms with Gasteiger partial charge in [0.15, 0.2) is 0 Å². The van der Waals surface area contributed by atoms with Gasteiger partial charge in [-0.1, -0.05) is 67.6 Å². The molecule has 0 fully saturated rings. The van der Waals surface area contributed by atoms with Crippen LogP contribution in [0.4, 0.5) is 0 Å². The van der Waals surface area contributed by atoms with Gasteiger partial charge < -0.3 is 12.4 Å². The van der Waals surface area contributed by atoms with Gasteiger partial charge in [-0.3, -0.25) is 0 Å². The maximum atomic E-state index is 2.40. The van der Waals surface area contributed by atoms with Gasteiger partial charge in [0.25, 0.3) is 0 Å². The van der Waals surface area contributed by atoms with E-state index in [0.717, 1.165) is 0 Å². The minimum absolute atomic E-state index is 0. The minimum atomic E-state index is -1.38. The Morgan fingerprint density at radius 3 is 1.79 bits per heavy atom. The summed E-state index contributed by atoms with van der Waals surface area (Å²) in [5.41, 5.74) is 3.10. The summed E-state index contributed by atoms with van der Waals surface area (Å²) >= 11 is 0. The molecule has 0 radical (unpaired) electrons. The first-order valence-electron chi connectivity index (χ1n) is 8.36. The Kier molecular flexibility index (Phi) is 5.09. The van der Waals surface area contributed by atoms with E-state index in [0.29, 0.717) is 5.92 Å². The van der Waals surface area contributed by atoms with Gasteiger partial charge in [0.1, 0.15) is 0 Å². The first-order chi connectivity index (χ1) is 11.3. The molecule has 0 nitrogen and oxygen atoms in total. The minimum Gasteiger partial charge on any atom is -1.00 e. The third-order valence-corrected chi connectivity index (χ3v) is 9.74. The molecule has 1 aliphatic rings. The SMILES string of the molecule is CC1C[P+](c2ccccc2)(c2ccccc2)Cc2ccccc21.[Cl-]. The van der Waals surface area contributed by atoms with Crippen LogP contribution < -0.4 is 23.0 Å². The van der Waals surface area contributed by atoms with Crippen molar-refractivity contribution in [2.45, 2.75) is 19.0 Å². The number of hydrogen-bond donors (Lipinski definition) is 0. The lowest BCUT2D eigenvalue weighted by molar-refractivity contribution is -0.00000460. The van der Waals surface area contributed by atoms with Crippen molar-refractivity contribution < 1.29 is 12.4 Å². The Morgan fingerprint density at radius 2 is 1.21 bits per heavy atom. The van der Waals surface area contributed by atoms with E-state index in [-0.39, 0.29) is 12.4 Å². The summed E-state index contributed by atoms with van der Waals surface area (Å²) in [5.74, 6) is 0.619. The van der Waals surface area contributed by atoms with E-state index < -0.39 is 7.26 Å². The normalized spacial score (nSPS) is 18.3. The molecule has 0 amide bonds. The fourth-order valence-electron chi connectivity index (χ4n) is 4.05. The molecular formula is C22H22ClP. The first kappa shape index (κ1) is 17.2. The van der Waals surface area contributed by atoms with Crippen molar-refractivity contribution in [3.63, 3.8) is 0 Å². The second-order valence-electron chi connectivity index (χ2n) is 6.58. The Bertz CT molecular complexity index is 759. The fourth-order valence-corrected chi connectivity index (χ4v) is 8.75. The van der Waals surface area contributed by atoms with Crippen LogP contribution in [-0.4, -0.2) is 6.16 Å². The standard InChI is InChI=1S/C22H22P.ClH/c1-18-16-23(20-11-4-2-5-12-20,21-13-6-3-7-14-21)17-19-10-8-9-15-22(18)19;/h2-15,18H,16-17H2,1H3;1H/q+1;/p-1. The van der Waals surface area contributed by atoms with Gasteiger partial charge in [-0.2, -0.15) is 0 Å². The maximum absolute atomic E-state index is 2.40. The zero-order valence-electron chi connectivity index (χ0n) is 13.9. The average Bonchev–Trinajstić information content (AvgIpc) is 2.63. The third kappa shape index (κ3) is 2.90. The molecule has 0 N–H and O–H groups in total. The number of fused-ring (bicyclic) bond motifs is 1. The lowest BCUT2D eigenvalue weighted by atomic mass is 9.98. The molecule has 1 atom stereocenters. The van der Waals surface area contributed by atoms with Crippen LogP contribution in [0, 0.1) is 0 Å². The molecule has 3 aromatic carbocycles. The Labute approximate surface area is 151 Å². The molecule has 3 aromatic rings. The molecule has 0 bridgehead atoms. The first-order valence-corrected chi connectivity index (χ1v) is 10.5. The quantitative estimate of drug-likeness (QED) is 0.619. The van der Waals surface area contributed by atoms with Crippen LogP contribution in [0.25, 0.3) is 0 Å². The van der Waals surface area contributed by atoms with E-state index in [1.165, 1.54) is 12.3 Å². The lowest BCUT2D eigenvalue weighted by Crippen LogP contribution is -3.00. The van der Waals surface area contributed by atoms with E-state index >= 15 is 0 Å². The topological polar surface area (TPSA) is 0 Å². The van der Waals surface area contributed by atoms with E-state index in [1.54, 1.807) is 21.7 Å². The molecular weight excluding hydrogens is 331 g/mol. The van der Waals surface area contributed by atoms with E-state index in [9.17, 15) is 0 Å². The molecule has 4 rings (SSSR count). The molecule has 1 heterocycles. The van der Waals surface area contributed by atoms with Gasteiger partial charge in [-0.25, -0.2) is 0 Å². The Morgan fingerprint density at radius 1 is 0.708 bits per heavy atom. The summed E-state index contributed by atoms with van der Waals surface area (Å²) in [5, 5.41) is 3.10. The van der Waals surface area contributed by atoms with Gasteiger partial charge in [-0.05, 0) is 35.4 Å². The molecule has 2 heteroatoms. The molecule has 0 saturated heterocycles. The number of benzene rings is 3. The van der Waals surface area contributed by atoms with Crippen molar-refractivity contribution in [3.8, 4) is 0 Å². The maximum Gasteiger partial charge on any atom is 0.0995 e. The third-order valence-electron chi connectivity index (χ3n) is 5.11. The number of halogens is 1. The van der Waals surface area contributed by atoms with Crippen LogP contribution in [-0.2, 0) is 6.16 Å². The van der Waals surface area contributed by atoms with Crippen molar-refractivity contribution >= 4 is 17.9 Å². The van der Waals surface area contributed by atoms with Crippen LogP contribution in [0.2, 0.25) is 0 Å². The number of hydrogen-bond acceptors (Lipinski definition) is 0. The predicted molar refractivity (Wildman–Crippen MR) is 103 cm³/mol. The zero-order chi connectivity index (χ0) is 15.7. The van der Waals surface area contributed by atoms with Gasteiger partial charge in [-0.15, -0.1) is 0 Å². The van der Waals surface area contributed by atoms with Crippen molar-refractivity contribution in [2.24, 2.45) is 0 Å². The molecule has 0 aliphatic carbocycles. The summed E-state index contributed by atoms with van der Waals surface area (Å²) in [6.07, 6.45) is 2.47. The van der Waals surface area contributed by atoms with Crippen LogP contribution >= 0.6 is 7.26 Å². The highest BCUT2D eigenvalue weighted by Gasteiger charge is 2.47. The highest BCUT2D eigenvalue weighted by atomic mass is 35.5. The van der Waals surface area contributed by atoms with Gasteiger partial charge >= 0.3 is 0 Å². The molecule has 122 valence electrons. The molecule has 0 spiro atoms. The molecule has 0 aromatic heterocycles. The fraction of sp³-hybridized carbons (Fsp3) is 0.182. The van der Waals surface area contributed by atoms with Crippen molar-refractivity contribution in [1.82, 2.24) is 0 Å². The van der Waals surface area contributed by atoms with Crippen molar-refractivity contribution in [2.75, 3.05) is 6.16 Å². The van der Waals surface area contributed by atoms with E-state index in [1.807, 2.05) is 0 Å². The van der Waals surface area contributed by atoms with Crippen LogP contribution in [0.15, 0.2) is 84.9 Å². The predicted octanol–water partition coefficient (Wildman–Crippen LogP) is 1.98. The smallest absolute Gasteiger partial charge is 0.0995 e. The highest BCUT2D eigenvalue weighted by molar-refractivity contribution is 7.89. The second kappa shape index (κ2) is 7.09. The van der Waals surface area contributed by atoms with Crippen LogP contribution in [0.5, 0.6) is 0 Å². The monoisotopic (exact) mass is 352 g/mol. The number of rotatable bonds is 2. The second-order valence-corrected chi connectivity index (χ2v) is 10.2. The summed E-state index contributed by atoms with van der Waals surface area (Å²) < 4.78 is 0. The zero-order valence-corrected chi connectivity index (χ0v) is 15.6. The molecule has 1 aliphatic heterocycles. The lowest BCUT2D eigenvalue weighted by Gasteiger charge is -2.35. The largest absolute Gasteiger partial charge is 1.00 e. The molecule has 1 unspecified atom stereocenters. The van der Waals surface area contributed by atoms with Crippen molar-refractivity contribution in [3.05, 3.63) is 96.1 Å². The van der Waals surface area contributed by atoms with Gasteiger partial charge in [0.2, 0.25) is 0 Å². The average molecular weight is 353 g/mol. The summed E-state index contributed by atoms with van der Waals surface area (Å²) in [7, 11) is -1.38.